The van der Waals surface area contributed by atoms with Gasteiger partial charge in [0, 0.05) is 12.5 Å². The molecule has 2 rings (SSSR count). The Hall–Kier alpha value is -2.76. The van der Waals surface area contributed by atoms with Crippen molar-refractivity contribution in [3.8, 4) is 5.75 Å². The van der Waals surface area contributed by atoms with E-state index in [-0.39, 0.29) is 17.4 Å². The maximum absolute atomic E-state index is 12.4. The Bertz CT molecular complexity index is 761. The number of furan rings is 1. The number of carbonyl (C=O) groups is 2. The van der Waals surface area contributed by atoms with Crippen LogP contribution in [-0.4, -0.2) is 23.6 Å². The lowest BCUT2D eigenvalue weighted by Crippen LogP contribution is -2.26. The second-order valence-corrected chi connectivity index (χ2v) is 6.58. The van der Waals surface area contributed by atoms with Gasteiger partial charge in [-0.05, 0) is 30.5 Å². The molecule has 1 aromatic heterocycles. The van der Waals surface area contributed by atoms with Crippen molar-refractivity contribution in [3.63, 3.8) is 0 Å². The van der Waals surface area contributed by atoms with E-state index >= 15 is 0 Å². The van der Waals surface area contributed by atoms with Gasteiger partial charge in [-0.25, -0.2) is 4.79 Å². The molecular formula is C20H25NO5. The molecule has 26 heavy (non-hydrogen) atoms. The smallest absolute Gasteiger partial charge is 0.339 e. The predicted molar refractivity (Wildman–Crippen MR) is 97.7 cm³/mol. The maximum atomic E-state index is 12.4. The molecule has 1 aromatic carbocycles. The zero-order valence-corrected chi connectivity index (χ0v) is 15.5. The van der Waals surface area contributed by atoms with Crippen LogP contribution in [0.3, 0.4) is 0 Å². The standard InChI is InChI=1S/C20H25NO5/c1-5-17-16(20(23)24)10-18(26-17)19(22)21-13(4)14-6-8-15(9-7-14)25-11-12(2)3/h6-10,12-13H,5,11H2,1-4H3,(H,21,22)(H,23,24). The van der Waals surface area contributed by atoms with E-state index in [4.69, 9.17) is 14.3 Å². The number of carboxylic acid groups (broad SMARTS) is 1. The van der Waals surface area contributed by atoms with Crippen molar-refractivity contribution in [2.24, 2.45) is 5.92 Å². The van der Waals surface area contributed by atoms with E-state index in [0.717, 1.165) is 11.3 Å². The summed E-state index contributed by atoms with van der Waals surface area (Å²) in [5, 5.41) is 12.0. The van der Waals surface area contributed by atoms with E-state index in [9.17, 15) is 9.59 Å². The summed E-state index contributed by atoms with van der Waals surface area (Å²) < 4.78 is 11.0. The van der Waals surface area contributed by atoms with Crippen LogP contribution in [0.4, 0.5) is 0 Å². The predicted octanol–water partition coefficient (Wildman–Crippen LogP) is 4.07. The fraction of sp³-hybridized carbons (Fsp3) is 0.400. The Balaban J connectivity index is 2.03. The van der Waals surface area contributed by atoms with Gasteiger partial charge in [0.1, 0.15) is 17.1 Å². The lowest BCUT2D eigenvalue weighted by atomic mass is 10.1. The molecule has 1 atom stereocenters. The van der Waals surface area contributed by atoms with E-state index < -0.39 is 11.9 Å². The van der Waals surface area contributed by atoms with Gasteiger partial charge in [-0.3, -0.25) is 4.79 Å². The Morgan fingerprint density at radius 3 is 2.35 bits per heavy atom. The number of hydrogen-bond donors (Lipinski definition) is 2. The van der Waals surface area contributed by atoms with Crippen LogP contribution in [0.2, 0.25) is 0 Å². The molecule has 1 unspecified atom stereocenters. The zero-order chi connectivity index (χ0) is 19.3. The minimum Gasteiger partial charge on any atom is -0.493 e. The number of hydrogen-bond acceptors (Lipinski definition) is 4. The Morgan fingerprint density at radius 1 is 1.19 bits per heavy atom. The average Bonchev–Trinajstić information content (AvgIpc) is 3.05. The zero-order valence-electron chi connectivity index (χ0n) is 15.5. The Labute approximate surface area is 153 Å². The molecular weight excluding hydrogens is 334 g/mol. The second kappa shape index (κ2) is 8.56. The largest absolute Gasteiger partial charge is 0.493 e. The molecule has 0 saturated carbocycles. The van der Waals surface area contributed by atoms with Gasteiger partial charge in [0.05, 0.1) is 12.6 Å². The minimum atomic E-state index is -1.10. The molecule has 0 aliphatic rings. The molecule has 6 nitrogen and oxygen atoms in total. The lowest BCUT2D eigenvalue weighted by Gasteiger charge is -2.14. The summed E-state index contributed by atoms with van der Waals surface area (Å²) in [6, 6.07) is 8.53. The summed E-state index contributed by atoms with van der Waals surface area (Å²) in [7, 11) is 0. The van der Waals surface area contributed by atoms with Gasteiger partial charge in [0.25, 0.3) is 5.91 Å². The molecule has 0 aliphatic heterocycles. The summed E-state index contributed by atoms with van der Waals surface area (Å²) in [6.07, 6.45) is 0.405. The number of ether oxygens (including phenoxy) is 1. The van der Waals surface area contributed by atoms with Crippen LogP contribution in [0.1, 0.15) is 66.0 Å². The third kappa shape index (κ3) is 4.88. The van der Waals surface area contributed by atoms with Crippen molar-refractivity contribution in [3.05, 3.63) is 53.0 Å². The SMILES string of the molecule is CCc1oc(C(=O)NC(C)c2ccc(OCC(C)C)cc2)cc1C(=O)O. The van der Waals surface area contributed by atoms with E-state index in [1.54, 1.807) is 6.92 Å². The molecule has 0 radical (unpaired) electrons. The topological polar surface area (TPSA) is 88.8 Å². The van der Waals surface area contributed by atoms with E-state index in [2.05, 4.69) is 19.2 Å². The first kappa shape index (κ1) is 19.6. The van der Waals surface area contributed by atoms with E-state index in [1.165, 1.54) is 6.07 Å². The average molecular weight is 359 g/mol. The summed E-state index contributed by atoms with van der Waals surface area (Å²) in [4.78, 5) is 23.5. The molecule has 6 heteroatoms. The fourth-order valence-electron chi connectivity index (χ4n) is 2.45. The Morgan fingerprint density at radius 2 is 1.85 bits per heavy atom. The number of aromatic carboxylic acids is 1. The van der Waals surface area contributed by atoms with Gasteiger partial charge < -0.3 is 19.6 Å². The van der Waals surface area contributed by atoms with Gasteiger partial charge in [-0.15, -0.1) is 0 Å². The van der Waals surface area contributed by atoms with Crippen LogP contribution in [0.25, 0.3) is 0 Å². The van der Waals surface area contributed by atoms with Crippen molar-refractivity contribution >= 4 is 11.9 Å². The highest BCUT2D eigenvalue weighted by Gasteiger charge is 2.21. The summed E-state index contributed by atoms with van der Waals surface area (Å²) in [5.74, 6) is -0.0185. The first-order valence-corrected chi connectivity index (χ1v) is 8.71. The van der Waals surface area contributed by atoms with Crippen molar-refractivity contribution in [2.45, 2.75) is 40.2 Å². The highest BCUT2D eigenvalue weighted by atomic mass is 16.5. The van der Waals surface area contributed by atoms with Crippen molar-refractivity contribution in [1.82, 2.24) is 5.32 Å². The van der Waals surface area contributed by atoms with E-state index in [1.807, 2.05) is 31.2 Å². The monoisotopic (exact) mass is 359 g/mol. The molecule has 140 valence electrons. The van der Waals surface area contributed by atoms with Crippen LogP contribution in [-0.2, 0) is 6.42 Å². The lowest BCUT2D eigenvalue weighted by molar-refractivity contribution is 0.0694. The normalized spacial score (nSPS) is 12.0. The van der Waals surface area contributed by atoms with Crippen molar-refractivity contribution < 1.29 is 23.8 Å². The molecule has 0 aliphatic carbocycles. The molecule has 2 aromatic rings. The summed E-state index contributed by atoms with van der Waals surface area (Å²) in [5.41, 5.74) is 0.938. The van der Waals surface area contributed by atoms with Crippen LogP contribution in [0.15, 0.2) is 34.7 Å². The van der Waals surface area contributed by atoms with E-state index in [0.29, 0.717) is 24.7 Å². The molecule has 0 fully saturated rings. The number of carbonyl (C=O) groups excluding carboxylic acids is 1. The van der Waals surface area contributed by atoms with Gasteiger partial charge in [-0.1, -0.05) is 32.9 Å². The van der Waals surface area contributed by atoms with Crippen LogP contribution < -0.4 is 10.1 Å². The second-order valence-electron chi connectivity index (χ2n) is 6.58. The minimum absolute atomic E-state index is 0.00277. The van der Waals surface area contributed by atoms with Crippen LogP contribution >= 0.6 is 0 Å². The third-order valence-electron chi connectivity index (χ3n) is 3.90. The van der Waals surface area contributed by atoms with Gasteiger partial charge in [0.2, 0.25) is 0 Å². The first-order valence-electron chi connectivity index (χ1n) is 8.71. The number of benzene rings is 1. The summed E-state index contributed by atoms with van der Waals surface area (Å²) in [6.45, 7) is 8.44. The Kier molecular flexibility index (Phi) is 6.44. The number of amides is 1. The fourth-order valence-corrected chi connectivity index (χ4v) is 2.45. The maximum Gasteiger partial charge on any atom is 0.339 e. The quantitative estimate of drug-likeness (QED) is 0.742. The van der Waals surface area contributed by atoms with Crippen LogP contribution in [0, 0.1) is 5.92 Å². The highest BCUT2D eigenvalue weighted by Crippen LogP contribution is 2.20. The van der Waals surface area contributed by atoms with Crippen LogP contribution in [0.5, 0.6) is 5.75 Å². The first-order chi connectivity index (χ1) is 12.3. The molecule has 0 spiro atoms. The number of rotatable bonds is 8. The molecule has 0 bridgehead atoms. The van der Waals surface area contributed by atoms with Crippen molar-refractivity contribution in [2.75, 3.05) is 6.61 Å². The molecule has 2 N–H and O–H groups in total. The summed E-state index contributed by atoms with van der Waals surface area (Å²) >= 11 is 0. The highest BCUT2D eigenvalue weighted by molar-refractivity contribution is 5.96. The molecule has 1 heterocycles. The number of nitrogens with one attached hydrogen (secondary N) is 1. The van der Waals surface area contributed by atoms with Crippen molar-refractivity contribution in [1.29, 1.82) is 0 Å². The van der Waals surface area contributed by atoms with Gasteiger partial charge in [-0.2, -0.15) is 0 Å². The molecule has 1 amide bonds. The molecule has 0 saturated heterocycles. The third-order valence-corrected chi connectivity index (χ3v) is 3.90. The van der Waals surface area contributed by atoms with Gasteiger partial charge in [0.15, 0.2) is 5.76 Å². The number of aryl methyl sites for hydroxylation is 1. The number of carboxylic acids is 1. The van der Waals surface area contributed by atoms with Gasteiger partial charge >= 0.3 is 5.97 Å².